The Kier molecular flexibility index (Phi) is 4.10. The molecule has 0 aliphatic rings. The molecule has 1 aromatic carbocycles. The van der Waals surface area contributed by atoms with Crippen molar-refractivity contribution in [3.63, 3.8) is 0 Å². The highest BCUT2D eigenvalue weighted by atomic mass is 16.4. The standard InChI is InChI=1S/C13H16O2/c1-3-5-11-6-4-7-12(9-11)8-10(2)13(14)15/h4,6-9H,3,5H2,1-2H3,(H,14,15). The van der Waals surface area contributed by atoms with Crippen molar-refractivity contribution >= 4 is 12.0 Å². The molecule has 2 nitrogen and oxygen atoms in total. The fourth-order valence-electron chi connectivity index (χ4n) is 1.44. The number of carboxylic acid groups (broad SMARTS) is 1. The lowest BCUT2D eigenvalue weighted by Crippen LogP contribution is -1.95. The Bertz CT molecular complexity index is 378. The van der Waals surface area contributed by atoms with Crippen LogP contribution in [0.2, 0.25) is 0 Å². The van der Waals surface area contributed by atoms with Gasteiger partial charge in [0.25, 0.3) is 0 Å². The van der Waals surface area contributed by atoms with Gasteiger partial charge in [-0.3, -0.25) is 0 Å². The highest BCUT2D eigenvalue weighted by Crippen LogP contribution is 2.11. The average molecular weight is 204 g/mol. The summed E-state index contributed by atoms with van der Waals surface area (Å²) in [6.45, 7) is 3.74. The molecule has 0 atom stereocenters. The Morgan fingerprint density at radius 2 is 2.20 bits per heavy atom. The third kappa shape index (κ3) is 3.58. The topological polar surface area (TPSA) is 37.3 Å². The summed E-state index contributed by atoms with van der Waals surface area (Å²) in [4.78, 5) is 10.6. The summed E-state index contributed by atoms with van der Waals surface area (Å²) in [6, 6.07) is 7.99. The van der Waals surface area contributed by atoms with Gasteiger partial charge in [0.15, 0.2) is 0 Å². The van der Waals surface area contributed by atoms with Gasteiger partial charge in [-0.15, -0.1) is 0 Å². The second-order valence-electron chi connectivity index (χ2n) is 3.63. The number of rotatable bonds is 4. The van der Waals surface area contributed by atoms with E-state index in [4.69, 9.17) is 5.11 Å². The summed E-state index contributed by atoms with van der Waals surface area (Å²) >= 11 is 0. The quantitative estimate of drug-likeness (QED) is 0.765. The second kappa shape index (κ2) is 5.35. The van der Waals surface area contributed by atoms with Gasteiger partial charge in [-0.2, -0.15) is 0 Å². The monoisotopic (exact) mass is 204 g/mol. The summed E-state index contributed by atoms with van der Waals surface area (Å²) in [5.74, 6) is -0.865. The van der Waals surface area contributed by atoms with E-state index in [-0.39, 0.29) is 0 Å². The molecule has 0 spiro atoms. The molecule has 1 rings (SSSR count). The lowest BCUT2D eigenvalue weighted by atomic mass is 10.1. The van der Waals surface area contributed by atoms with Gasteiger partial charge in [-0.1, -0.05) is 37.6 Å². The van der Waals surface area contributed by atoms with Gasteiger partial charge in [-0.05, 0) is 30.5 Å². The molecule has 0 unspecified atom stereocenters. The highest BCUT2D eigenvalue weighted by Gasteiger charge is 2.00. The smallest absolute Gasteiger partial charge is 0.331 e. The zero-order valence-corrected chi connectivity index (χ0v) is 9.16. The normalized spacial score (nSPS) is 11.5. The molecule has 0 amide bonds. The maximum Gasteiger partial charge on any atom is 0.331 e. The average Bonchev–Trinajstić information content (AvgIpc) is 2.18. The van der Waals surface area contributed by atoms with E-state index in [1.807, 2.05) is 18.2 Å². The first-order valence-corrected chi connectivity index (χ1v) is 5.14. The van der Waals surface area contributed by atoms with Crippen LogP contribution in [0.3, 0.4) is 0 Å². The van der Waals surface area contributed by atoms with Gasteiger partial charge in [-0.25, -0.2) is 4.79 Å². The Hall–Kier alpha value is -1.57. The van der Waals surface area contributed by atoms with E-state index in [2.05, 4.69) is 13.0 Å². The zero-order valence-electron chi connectivity index (χ0n) is 9.16. The van der Waals surface area contributed by atoms with E-state index in [0.29, 0.717) is 5.57 Å². The van der Waals surface area contributed by atoms with Crippen molar-refractivity contribution in [1.29, 1.82) is 0 Å². The molecular weight excluding hydrogens is 188 g/mol. The maximum atomic E-state index is 10.6. The minimum absolute atomic E-state index is 0.364. The number of carbonyl (C=O) groups is 1. The first kappa shape index (κ1) is 11.5. The van der Waals surface area contributed by atoms with Gasteiger partial charge < -0.3 is 5.11 Å². The Labute approximate surface area is 90.3 Å². The fraction of sp³-hybridized carbons (Fsp3) is 0.308. The van der Waals surface area contributed by atoms with Crippen LogP contribution in [0.25, 0.3) is 6.08 Å². The number of aliphatic carboxylic acids is 1. The van der Waals surface area contributed by atoms with Crippen molar-refractivity contribution in [2.24, 2.45) is 0 Å². The summed E-state index contributed by atoms with van der Waals surface area (Å²) in [6.07, 6.45) is 3.83. The predicted octanol–water partition coefficient (Wildman–Crippen LogP) is 3.13. The molecule has 0 aromatic heterocycles. The molecule has 0 radical (unpaired) electrons. The van der Waals surface area contributed by atoms with E-state index in [1.54, 1.807) is 13.0 Å². The van der Waals surface area contributed by atoms with Gasteiger partial charge in [0.05, 0.1) is 0 Å². The largest absolute Gasteiger partial charge is 0.478 e. The van der Waals surface area contributed by atoms with Crippen LogP contribution >= 0.6 is 0 Å². The van der Waals surface area contributed by atoms with Crippen molar-refractivity contribution in [3.05, 3.63) is 41.0 Å². The van der Waals surface area contributed by atoms with Crippen molar-refractivity contribution in [3.8, 4) is 0 Å². The number of hydrogen-bond acceptors (Lipinski definition) is 1. The molecule has 0 fully saturated rings. The Morgan fingerprint density at radius 3 is 2.80 bits per heavy atom. The van der Waals surface area contributed by atoms with Gasteiger partial charge >= 0.3 is 5.97 Å². The van der Waals surface area contributed by atoms with Crippen molar-refractivity contribution in [2.75, 3.05) is 0 Å². The van der Waals surface area contributed by atoms with E-state index < -0.39 is 5.97 Å². The first-order chi connectivity index (χ1) is 7.13. The number of benzene rings is 1. The maximum absolute atomic E-state index is 10.6. The van der Waals surface area contributed by atoms with E-state index >= 15 is 0 Å². The van der Waals surface area contributed by atoms with Crippen molar-refractivity contribution in [1.82, 2.24) is 0 Å². The Balaban J connectivity index is 2.91. The summed E-state index contributed by atoms with van der Waals surface area (Å²) < 4.78 is 0. The third-order valence-corrected chi connectivity index (χ3v) is 2.21. The van der Waals surface area contributed by atoms with Crippen LogP contribution in [-0.4, -0.2) is 11.1 Å². The van der Waals surface area contributed by atoms with Gasteiger partial charge in [0, 0.05) is 5.57 Å². The molecule has 1 N–H and O–H groups in total. The molecule has 1 aromatic rings. The lowest BCUT2D eigenvalue weighted by molar-refractivity contribution is -0.132. The highest BCUT2D eigenvalue weighted by molar-refractivity contribution is 5.91. The van der Waals surface area contributed by atoms with E-state index in [1.165, 1.54) is 5.56 Å². The second-order valence-corrected chi connectivity index (χ2v) is 3.63. The molecule has 80 valence electrons. The summed E-state index contributed by atoms with van der Waals surface area (Å²) in [7, 11) is 0. The molecule has 15 heavy (non-hydrogen) atoms. The molecule has 0 aliphatic carbocycles. The van der Waals surface area contributed by atoms with Crippen LogP contribution in [0, 0.1) is 0 Å². The molecular formula is C13H16O2. The molecule has 0 saturated carbocycles. The summed E-state index contributed by atoms with van der Waals surface area (Å²) in [5.41, 5.74) is 2.58. The summed E-state index contributed by atoms with van der Waals surface area (Å²) in [5, 5.41) is 8.75. The van der Waals surface area contributed by atoms with Gasteiger partial charge in [0.1, 0.15) is 0 Å². The number of carboxylic acids is 1. The van der Waals surface area contributed by atoms with Gasteiger partial charge in [0.2, 0.25) is 0 Å². The Morgan fingerprint density at radius 1 is 1.47 bits per heavy atom. The van der Waals surface area contributed by atoms with Crippen molar-refractivity contribution in [2.45, 2.75) is 26.7 Å². The SMILES string of the molecule is CCCc1cccc(C=C(C)C(=O)O)c1. The van der Waals surface area contributed by atoms with Crippen molar-refractivity contribution < 1.29 is 9.90 Å². The minimum Gasteiger partial charge on any atom is -0.478 e. The zero-order chi connectivity index (χ0) is 11.3. The predicted molar refractivity (Wildman–Crippen MR) is 61.7 cm³/mol. The van der Waals surface area contributed by atoms with Crippen LogP contribution in [-0.2, 0) is 11.2 Å². The number of aryl methyl sites for hydroxylation is 1. The van der Waals surface area contributed by atoms with E-state index in [9.17, 15) is 4.79 Å². The first-order valence-electron chi connectivity index (χ1n) is 5.14. The lowest BCUT2D eigenvalue weighted by Gasteiger charge is -2.01. The fourth-order valence-corrected chi connectivity index (χ4v) is 1.44. The molecule has 0 bridgehead atoms. The van der Waals surface area contributed by atoms with Crippen LogP contribution in [0.15, 0.2) is 29.8 Å². The minimum atomic E-state index is -0.865. The van der Waals surface area contributed by atoms with Crippen LogP contribution in [0.1, 0.15) is 31.4 Å². The third-order valence-electron chi connectivity index (χ3n) is 2.21. The molecule has 0 aliphatic heterocycles. The van der Waals surface area contributed by atoms with Crippen LogP contribution < -0.4 is 0 Å². The molecule has 2 heteroatoms. The van der Waals surface area contributed by atoms with Crippen LogP contribution in [0.4, 0.5) is 0 Å². The van der Waals surface area contributed by atoms with Crippen LogP contribution in [0.5, 0.6) is 0 Å². The van der Waals surface area contributed by atoms with E-state index in [0.717, 1.165) is 18.4 Å². The number of hydrogen-bond donors (Lipinski definition) is 1. The molecule has 0 saturated heterocycles. The molecule has 0 heterocycles.